The lowest BCUT2D eigenvalue weighted by Gasteiger charge is -2.34. The fraction of sp³-hybridized carbons (Fsp3) is 0.548. The molecule has 2 atom stereocenters. The molecule has 35 heavy (non-hydrogen) atoms. The van der Waals surface area contributed by atoms with Gasteiger partial charge in [0.25, 0.3) is 0 Å². The van der Waals surface area contributed by atoms with Crippen LogP contribution in [0.15, 0.2) is 42.5 Å². The van der Waals surface area contributed by atoms with Crippen LogP contribution in [0.4, 0.5) is 5.69 Å². The molecule has 1 aliphatic heterocycles. The van der Waals surface area contributed by atoms with Crippen LogP contribution in [0.3, 0.4) is 0 Å². The number of para-hydroxylation sites is 2. The number of aromatic amines is 1. The van der Waals surface area contributed by atoms with Crippen LogP contribution in [0.5, 0.6) is 0 Å². The first-order chi connectivity index (χ1) is 17.0. The second-order valence-electron chi connectivity index (χ2n) is 11.5. The Hall–Kier alpha value is -2.62. The molecule has 2 aliphatic rings. The smallest absolute Gasteiger partial charge is 0.138 e. The average molecular weight is 472 g/mol. The summed E-state index contributed by atoms with van der Waals surface area (Å²) in [5, 5.41) is 0. The summed E-state index contributed by atoms with van der Waals surface area (Å²) in [6.07, 6.45) is 9.06. The van der Waals surface area contributed by atoms with Gasteiger partial charge in [-0.2, -0.15) is 0 Å². The highest BCUT2D eigenvalue weighted by molar-refractivity contribution is 5.83. The number of anilines is 1. The Morgan fingerprint density at radius 1 is 1.09 bits per heavy atom. The van der Waals surface area contributed by atoms with Gasteiger partial charge < -0.3 is 9.88 Å². The van der Waals surface area contributed by atoms with Gasteiger partial charge in [-0.3, -0.25) is 4.79 Å². The lowest BCUT2D eigenvalue weighted by atomic mass is 9.87. The SMILES string of the molecule is CC(C)CCCC(C)CC(=O)C1CCCN(c2ccc(C3CC3)c(-c3nc4ccccc4[nH]3)c2)C1. The maximum atomic E-state index is 13.2. The van der Waals surface area contributed by atoms with Gasteiger partial charge in [0.2, 0.25) is 0 Å². The minimum atomic E-state index is 0.161. The Morgan fingerprint density at radius 2 is 1.91 bits per heavy atom. The summed E-state index contributed by atoms with van der Waals surface area (Å²) in [5.74, 6) is 3.50. The number of imidazole rings is 1. The van der Waals surface area contributed by atoms with Crippen LogP contribution in [-0.2, 0) is 4.79 Å². The number of rotatable bonds is 10. The molecule has 0 spiro atoms. The number of hydrogen-bond donors (Lipinski definition) is 1. The number of carbonyl (C=O) groups is 1. The molecule has 0 radical (unpaired) electrons. The summed E-state index contributed by atoms with van der Waals surface area (Å²) in [6.45, 7) is 8.69. The zero-order chi connectivity index (χ0) is 24.4. The van der Waals surface area contributed by atoms with Gasteiger partial charge in [-0.1, -0.05) is 58.2 Å². The van der Waals surface area contributed by atoms with Crippen LogP contribution in [0.1, 0.15) is 83.6 Å². The van der Waals surface area contributed by atoms with Crippen LogP contribution >= 0.6 is 0 Å². The Morgan fingerprint density at radius 3 is 2.69 bits per heavy atom. The number of aromatic nitrogens is 2. The number of ketones is 1. The number of carbonyl (C=O) groups excluding carboxylic acids is 1. The molecule has 186 valence electrons. The van der Waals surface area contributed by atoms with Gasteiger partial charge >= 0.3 is 0 Å². The van der Waals surface area contributed by atoms with E-state index in [4.69, 9.17) is 4.98 Å². The van der Waals surface area contributed by atoms with Gasteiger partial charge in [0.05, 0.1) is 11.0 Å². The van der Waals surface area contributed by atoms with E-state index in [0.29, 0.717) is 17.6 Å². The maximum Gasteiger partial charge on any atom is 0.138 e. The van der Waals surface area contributed by atoms with Crippen molar-refractivity contribution >= 4 is 22.5 Å². The van der Waals surface area contributed by atoms with E-state index in [0.717, 1.165) is 55.1 Å². The van der Waals surface area contributed by atoms with Gasteiger partial charge in [0.1, 0.15) is 11.6 Å². The van der Waals surface area contributed by atoms with Gasteiger partial charge in [0, 0.05) is 36.7 Å². The quantitative estimate of drug-likeness (QED) is 0.329. The minimum Gasteiger partial charge on any atom is -0.371 e. The first kappa shape index (κ1) is 24.1. The van der Waals surface area contributed by atoms with Crippen molar-refractivity contribution in [1.82, 2.24) is 9.97 Å². The topological polar surface area (TPSA) is 49.0 Å². The summed E-state index contributed by atoms with van der Waals surface area (Å²) in [6, 6.07) is 15.2. The van der Waals surface area contributed by atoms with E-state index in [1.807, 2.05) is 6.07 Å². The number of H-pyrrole nitrogens is 1. The molecule has 1 aliphatic carbocycles. The number of fused-ring (bicyclic) bond motifs is 1. The van der Waals surface area contributed by atoms with Crippen molar-refractivity contribution in [2.75, 3.05) is 18.0 Å². The number of benzene rings is 2. The Balaban J connectivity index is 1.30. The van der Waals surface area contributed by atoms with E-state index in [-0.39, 0.29) is 5.92 Å². The fourth-order valence-corrected chi connectivity index (χ4v) is 5.74. The third kappa shape index (κ3) is 5.79. The second kappa shape index (κ2) is 10.6. The summed E-state index contributed by atoms with van der Waals surface area (Å²) in [5.41, 5.74) is 5.97. The van der Waals surface area contributed by atoms with E-state index < -0.39 is 0 Å². The molecular formula is C31H41N3O. The highest BCUT2D eigenvalue weighted by atomic mass is 16.1. The zero-order valence-corrected chi connectivity index (χ0v) is 21.7. The average Bonchev–Trinajstić information content (AvgIpc) is 3.61. The summed E-state index contributed by atoms with van der Waals surface area (Å²) in [4.78, 5) is 24.1. The van der Waals surface area contributed by atoms with E-state index in [1.54, 1.807) is 0 Å². The van der Waals surface area contributed by atoms with Crippen molar-refractivity contribution in [3.8, 4) is 11.4 Å². The summed E-state index contributed by atoms with van der Waals surface area (Å²) in [7, 11) is 0. The molecular weight excluding hydrogens is 430 g/mol. The molecule has 0 amide bonds. The first-order valence-electron chi connectivity index (χ1n) is 13.8. The molecule has 4 heteroatoms. The molecule has 2 heterocycles. The van der Waals surface area contributed by atoms with E-state index in [1.165, 1.54) is 48.9 Å². The molecule has 2 fully saturated rings. The third-order valence-corrected chi connectivity index (χ3v) is 7.97. The van der Waals surface area contributed by atoms with Crippen LogP contribution in [0.25, 0.3) is 22.4 Å². The van der Waals surface area contributed by atoms with Crippen molar-refractivity contribution in [3.63, 3.8) is 0 Å². The van der Waals surface area contributed by atoms with Crippen molar-refractivity contribution in [1.29, 1.82) is 0 Å². The van der Waals surface area contributed by atoms with Gasteiger partial charge in [0.15, 0.2) is 0 Å². The predicted octanol–water partition coefficient (Wildman–Crippen LogP) is 7.75. The standard InChI is InChI=1S/C31H41N3O/c1-21(2)8-6-9-22(3)18-30(35)24-10-7-17-34(20-24)25-15-16-26(23-13-14-23)27(19-25)31-32-28-11-4-5-12-29(28)33-31/h4-5,11-12,15-16,19,21-24H,6-10,13-14,17-18,20H2,1-3H3,(H,32,33). The van der Waals surface area contributed by atoms with E-state index in [2.05, 4.69) is 67.1 Å². The fourth-order valence-electron chi connectivity index (χ4n) is 5.74. The molecule has 5 rings (SSSR count). The van der Waals surface area contributed by atoms with Gasteiger partial charge in [-0.25, -0.2) is 4.98 Å². The molecule has 2 aromatic carbocycles. The summed E-state index contributed by atoms with van der Waals surface area (Å²) >= 11 is 0. The van der Waals surface area contributed by atoms with Crippen LogP contribution in [0.2, 0.25) is 0 Å². The molecule has 4 nitrogen and oxygen atoms in total. The monoisotopic (exact) mass is 471 g/mol. The number of nitrogens with zero attached hydrogens (tertiary/aromatic N) is 2. The molecule has 1 N–H and O–H groups in total. The summed E-state index contributed by atoms with van der Waals surface area (Å²) < 4.78 is 0. The lowest BCUT2D eigenvalue weighted by molar-refractivity contribution is -0.124. The van der Waals surface area contributed by atoms with Crippen molar-refractivity contribution < 1.29 is 4.79 Å². The minimum absolute atomic E-state index is 0.161. The second-order valence-corrected chi connectivity index (χ2v) is 11.5. The highest BCUT2D eigenvalue weighted by Crippen LogP contribution is 2.45. The molecule has 1 saturated heterocycles. The van der Waals surface area contributed by atoms with Crippen molar-refractivity contribution in [2.45, 2.75) is 78.1 Å². The first-order valence-corrected chi connectivity index (χ1v) is 13.8. The predicted molar refractivity (Wildman–Crippen MR) is 146 cm³/mol. The zero-order valence-electron chi connectivity index (χ0n) is 21.7. The van der Waals surface area contributed by atoms with Crippen molar-refractivity contribution in [3.05, 3.63) is 48.0 Å². The maximum absolute atomic E-state index is 13.2. The highest BCUT2D eigenvalue weighted by Gasteiger charge is 2.30. The Kier molecular flexibility index (Phi) is 7.27. The largest absolute Gasteiger partial charge is 0.371 e. The number of piperidine rings is 1. The molecule has 3 aromatic rings. The third-order valence-electron chi connectivity index (χ3n) is 7.97. The molecule has 0 bridgehead atoms. The number of Topliss-reactive ketones (excluding diaryl/α,β-unsaturated/α-hetero) is 1. The van der Waals surface area contributed by atoms with Crippen LogP contribution in [0, 0.1) is 17.8 Å². The number of nitrogens with one attached hydrogen (secondary N) is 1. The van der Waals surface area contributed by atoms with Gasteiger partial charge in [-0.15, -0.1) is 0 Å². The van der Waals surface area contributed by atoms with Gasteiger partial charge in [-0.05, 0) is 73.3 Å². The number of hydrogen-bond acceptors (Lipinski definition) is 3. The normalized spacial score (nSPS) is 19.4. The molecule has 1 aromatic heterocycles. The lowest BCUT2D eigenvalue weighted by Crippen LogP contribution is -2.39. The van der Waals surface area contributed by atoms with Crippen LogP contribution < -0.4 is 4.90 Å². The Labute approximate surface area is 210 Å². The van der Waals surface area contributed by atoms with Crippen LogP contribution in [-0.4, -0.2) is 28.8 Å². The van der Waals surface area contributed by atoms with E-state index >= 15 is 0 Å². The van der Waals surface area contributed by atoms with Crippen molar-refractivity contribution in [2.24, 2.45) is 17.8 Å². The Bertz CT molecular complexity index is 1130. The molecule has 2 unspecified atom stereocenters. The van der Waals surface area contributed by atoms with E-state index in [9.17, 15) is 4.79 Å². The molecule has 1 saturated carbocycles.